The zero-order chi connectivity index (χ0) is 12.5. The van der Waals surface area contributed by atoms with Crippen LogP contribution in [0.4, 0.5) is 0 Å². The van der Waals surface area contributed by atoms with Crippen molar-refractivity contribution in [3.8, 4) is 0 Å². The molecule has 96 valence electrons. The summed E-state index contributed by atoms with van der Waals surface area (Å²) in [4.78, 5) is 8.50. The van der Waals surface area contributed by atoms with Gasteiger partial charge in [0.05, 0.1) is 14.8 Å². The number of hydrogen-bond donors (Lipinski definition) is 1. The van der Waals surface area contributed by atoms with Gasteiger partial charge in [-0.15, -0.1) is 11.3 Å². The van der Waals surface area contributed by atoms with E-state index >= 15 is 0 Å². The molecule has 4 nitrogen and oxygen atoms in total. The average molecular weight is 340 g/mol. The quantitative estimate of drug-likeness (QED) is 0.858. The molecule has 0 radical (unpaired) electrons. The summed E-state index contributed by atoms with van der Waals surface area (Å²) >= 11 is 4.67. The predicted molar refractivity (Wildman–Crippen MR) is 70.4 cm³/mol. The Labute approximate surface area is 114 Å². The largest absolute Gasteiger partial charge is 0.284 e. The average Bonchev–Trinajstić information content (AvgIpc) is 2.85. The van der Waals surface area contributed by atoms with Crippen molar-refractivity contribution in [2.45, 2.75) is 43.6 Å². The van der Waals surface area contributed by atoms with Crippen molar-refractivity contribution in [2.75, 3.05) is 0 Å². The number of hydrogen-bond acceptors (Lipinski definition) is 4. The molecule has 1 aliphatic carbocycles. The number of thiophene rings is 1. The van der Waals surface area contributed by atoms with E-state index in [0.29, 0.717) is 0 Å². The van der Waals surface area contributed by atoms with Gasteiger partial charge < -0.3 is 0 Å². The van der Waals surface area contributed by atoms with Crippen LogP contribution in [0.25, 0.3) is 0 Å². The zero-order valence-corrected chi connectivity index (χ0v) is 12.6. The molecule has 0 aromatic carbocycles. The minimum absolute atomic E-state index is 0.0205. The summed E-state index contributed by atoms with van der Waals surface area (Å²) in [6.45, 7) is 1.78. The Morgan fingerprint density at radius 3 is 2.65 bits per heavy atom. The molecule has 0 spiro atoms. The Balaban J connectivity index is 2.05. The van der Waals surface area contributed by atoms with E-state index in [1.807, 2.05) is 0 Å². The van der Waals surface area contributed by atoms with Crippen LogP contribution in [0.15, 0.2) is 14.7 Å². The molecule has 1 N–H and O–H groups in total. The Bertz CT molecular complexity index is 492. The predicted octanol–water partition coefficient (Wildman–Crippen LogP) is 2.97. The molecule has 1 aromatic rings. The Morgan fingerprint density at radius 2 is 2.12 bits per heavy atom. The second-order valence-corrected chi connectivity index (χ2v) is 8.33. The van der Waals surface area contributed by atoms with Crippen LogP contribution in [0.1, 0.15) is 30.6 Å². The van der Waals surface area contributed by atoms with Crippen LogP contribution in [0.2, 0.25) is 0 Å². The van der Waals surface area contributed by atoms with Crippen molar-refractivity contribution >= 4 is 37.3 Å². The third kappa shape index (κ3) is 3.29. The number of rotatable bonds is 4. The maximum atomic E-state index is 12.0. The van der Waals surface area contributed by atoms with Crippen LogP contribution >= 0.6 is 27.3 Å². The fourth-order valence-corrected chi connectivity index (χ4v) is 5.15. The van der Waals surface area contributed by atoms with Crippen LogP contribution in [-0.2, 0) is 14.9 Å². The first-order valence-corrected chi connectivity index (χ1v) is 8.52. The maximum absolute atomic E-state index is 12.0. The molecule has 0 atom stereocenters. The summed E-state index contributed by atoms with van der Waals surface area (Å²) in [5.74, 6) is 0. The van der Waals surface area contributed by atoms with E-state index in [1.165, 1.54) is 11.3 Å². The molecule has 1 aliphatic rings. The first kappa shape index (κ1) is 13.5. The van der Waals surface area contributed by atoms with Crippen LogP contribution in [0, 0.1) is 6.92 Å². The number of sulfonamides is 1. The van der Waals surface area contributed by atoms with Crippen molar-refractivity contribution < 1.29 is 13.3 Å². The second-order valence-electron chi connectivity index (χ2n) is 4.08. The van der Waals surface area contributed by atoms with Crippen molar-refractivity contribution in [3.63, 3.8) is 0 Å². The smallest absolute Gasteiger partial charge is 0.263 e. The Hall–Kier alpha value is 0.0500. The summed E-state index contributed by atoms with van der Waals surface area (Å²) in [5.41, 5.74) is 0. The normalized spacial score (nSPS) is 17.8. The minimum Gasteiger partial charge on any atom is -0.284 e. The lowest BCUT2D eigenvalue weighted by atomic mass is 10.3. The standard InChI is InChI=1S/C10H14BrNO3S2/c1-7-9(6-10(11)16-7)17(13,14)12-15-8-4-2-3-5-8/h6,8,12H,2-5H2,1H3. The van der Waals surface area contributed by atoms with Gasteiger partial charge in [0.1, 0.15) is 0 Å². The Morgan fingerprint density at radius 1 is 1.47 bits per heavy atom. The lowest BCUT2D eigenvalue weighted by Gasteiger charge is -2.11. The molecule has 0 aliphatic heterocycles. The minimum atomic E-state index is -3.55. The molecule has 0 unspecified atom stereocenters. The molecule has 2 rings (SSSR count). The highest BCUT2D eigenvalue weighted by molar-refractivity contribution is 9.11. The molecule has 1 fully saturated rings. The SMILES string of the molecule is Cc1sc(Br)cc1S(=O)(=O)NOC1CCCC1. The zero-order valence-electron chi connectivity index (χ0n) is 9.40. The molecule has 17 heavy (non-hydrogen) atoms. The highest BCUT2D eigenvalue weighted by atomic mass is 79.9. The highest BCUT2D eigenvalue weighted by Crippen LogP contribution is 2.29. The molecule has 1 heterocycles. The van der Waals surface area contributed by atoms with E-state index in [2.05, 4.69) is 20.8 Å². The van der Waals surface area contributed by atoms with E-state index < -0.39 is 10.0 Å². The molecule has 1 aromatic heterocycles. The highest BCUT2D eigenvalue weighted by Gasteiger charge is 2.23. The van der Waals surface area contributed by atoms with Crippen molar-refractivity contribution in [3.05, 3.63) is 14.7 Å². The van der Waals surface area contributed by atoms with Crippen molar-refractivity contribution in [2.24, 2.45) is 0 Å². The lowest BCUT2D eigenvalue weighted by molar-refractivity contribution is 0.0223. The van der Waals surface area contributed by atoms with Crippen LogP contribution in [0.3, 0.4) is 0 Å². The first-order chi connectivity index (χ1) is 7.99. The number of aryl methyl sites for hydroxylation is 1. The van der Waals surface area contributed by atoms with Gasteiger partial charge in [0.15, 0.2) is 0 Å². The Kier molecular flexibility index (Phi) is 4.25. The summed E-state index contributed by atoms with van der Waals surface area (Å²) in [6.07, 6.45) is 4.08. The van der Waals surface area contributed by atoms with E-state index in [0.717, 1.165) is 34.3 Å². The summed E-state index contributed by atoms with van der Waals surface area (Å²) in [5, 5.41) is 0. The van der Waals surface area contributed by atoms with Crippen LogP contribution in [-0.4, -0.2) is 14.5 Å². The van der Waals surface area contributed by atoms with Gasteiger partial charge in [-0.1, -0.05) is 17.7 Å². The van der Waals surface area contributed by atoms with Gasteiger partial charge in [-0.3, -0.25) is 4.84 Å². The fourth-order valence-electron chi connectivity index (χ4n) is 1.88. The van der Waals surface area contributed by atoms with Gasteiger partial charge in [-0.25, -0.2) is 8.42 Å². The fraction of sp³-hybridized carbons (Fsp3) is 0.600. The first-order valence-electron chi connectivity index (χ1n) is 5.42. The number of halogens is 1. The molecular formula is C10H14BrNO3S2. The number of nitrogens with one attached hydrogen (secondary N) is 1. The van der Waals surface area contributed by atoms with Crippen LogP contribution in [0.5, 0.6) is 0 Å². The summed E-state index contributed by atoms with van der Waals surface area (Å²) in [6, 6.07) is 1.60. The summed E-state index contributed by atoms with van der Waals surface area (Å²) in [7, 11) is -3.55. The van der Waals surface area contributed by atoms with E-state index in [9.17, 15) is 8.42 Å². The van der Waals surface area contributed by atoms with E-state index in [-0.39, 0.29) is 11.0 Å². The lowest BCUT2D eigenvalue weighted by Crippen LogP contribution is -2.28. The maximum Gasteiger partial charge on any atom is 0.263 e. The molecule has 1 saturated carbocycles. The van der Waals surface area contributed by atoms with Crippen LogP contribution < -0.4 is 4.89 Å². The third-order valence-corrected chi connectivity index (χ3v) is 5.76. The van der Waals surface area contributed by atoms with Gasteiger partial charge in [-0.2, -0.15) is 0 Å². The second kappa shape index (κ2) is 5.36. The molecule has 0 bridgehead atoms. The van der Waals surface area contributed by atoms with Gasteiger partial charge >= 0.3 is 0 Å². The molecule has 7 heteroatoms. The van der Waals surface area contributed by atoms with Crippen molar-refractivity contribution in [1.29, 1.82) is 0 Å². The molecule has 0 saturated heterocycles. The van der Waals surface area contributed by atoms with Crippen molar-refractivity contribution in [1.82, 2.24) is 4.89 Å². The third-order valence-electron chi connectivity index (χ3n) is 2.76. The van der Waals surface area contributed by atoms with Gasteiger partial charge in [0, 0.05) is 4.88 Å². The topological polar surface area (TPSA) is 55.4 Å². The van der Waals surface area contributed by atoms with E-state index in [4.69, 9.17) is 4.84 Å². The molecule has 0 amide bonds. The van der Waals surface area contributed by atoms with Gasteiger partial charge in [0.2, 0.25) is 0 Å². The van der Waals surface area contributed by atoms with Gasteiger partial charge in [0.25, 0.3) is 10.0 Å². The monoisotopic (exact) mass is 339 g/mol. The van der Waals surface area contributed by atoms with Gasteiger partial charge in [-0.05, 0) is 41.8 Å². The summed E-state index contributed by atoms with van der Waals surface area (Å²) < 4.78 is 24.7. The molecular weight excluding hydrogens is 326 g/mol. The van der Waals surface area contributed by atoms with E-state index in [1.54, 1.807) is 13.0 Å².